The Morgan fingerprint density at radius 3 is 2.57 bits per heavy atom. The van der Waals surface area contributed by atoms with Crippen molar-refractivity contribution < 1.29 is 18.5 Å². The molecule has 108 valence electrons. The smallest absolute Gasteiger partial charge is 0.286 e. The van der Waals surface area contributed by atoms with Crippen LogP contribution in [0, 0.1) is 5.82 Å². The van der Waals surface area contributed by atoms with Crippen LogP contribution < -0.4 is 15.6 Å². The first kappa shape index (κ1) is 14.6. The van der Waals surface area contributed by atoms with Gasteiger partial charge in [-0.2, -0.15) is 4.57 Å². The molecule has 0 spiro atoms. The predicted octanol–water partition coefficient (Wildman–Crippen LogP) is 0.528. The minimum atomic E-state index is -0.545. The molecular weight excluding hydrogens is 273 g/mol. The first-order valence-corrected chi connectivity index (χ1v) is 6.34. The molecule has 5 nitrogen and oxygen atoms in total. The SMILES string of the molecule is NC(=O)c1ccc[n+](CC(=O)NCc2ccc(F)cc2)c1. The number of hydrogen-bond donors (Lipinski definition) is 2. The Morgan fingerprint density at radius 1 is 1.19 bits per heavy atom. The highest BCUT2D eigenvalue weighted by atomic mass is 19.1. The molecule has 2 rings (SSSR count). The molecule has 0 radical (unpaired) electrons. The molecule has 0 aliphatic carbocycles. The van der Waals surface area contributed by atoms with Crippen molar-refractivity contribution in [1.29, 1.82) is 0 Å². The quantitative estimate of drug-likeness (QED) is 0.787. The molecular formula is C15H15FN3O2+. The molecule has 1 heterocycles. The van der Waals surface area contributed by atoms with E-state index in [0.29, 0.717) is 12.1 Å². The van der Waals surface area contributed by atoms with Crippen LogP contribution >= 0.6 is 0 Å². The maximum absolute atomic E-state index is 12.7. The number of aromatic nitrogens is 1. The number of carbonyl (C=O) groups excluding carboxylic acids is 2. The lowest BCUT2D eigenvalue weighted by Crippen LogP contribution is -2.43. The Morgan fingerprint density at radius 2 is 1.90 bits per heavy atom. The summed E-state index contributed by atoms with van der Waals surface area (Å²) in [7, 11) is 0. The molecule has 0 atom stereocenters. The molecule has 0 unspecified atom stereocenters. The highest BCUT2D eigenvalue weighted by Gasteiger charge is 2.11. The van der Waals surface area contributed by atoms with E-state index in [9.17, 15) is 14.0 Å². The van der Waals surface area contributed by atoms with Crippen molar-refractivity contribution >= 4 is 11.8 Å². The van der Waals surface area contributed by atoms with Gasteiger partial charge in [-0.25, -0.2) is 4.39 Å². The fourth-order valence-electron chi connectivity index (χ4n) is 1.79. The molecule has 0 saturated heterocycles. The molecule has 2 amide bonds. The molecule has 0 aliphatic rings. The molecule has 6 heteroatoms. The topological polar surface area (TPSA) is 76.1 Å². The number of amides is 2. The first-order valence-electron chi connectivity index (χ1n) is 6.34. The lowest BCUT2D eigenvalue weighted by atomic mass is 10.2. The van der Waals surface area contributed by atoms with Crippen LogP contribution in [0.3, 0.4) is 0 Å². The van der Waals surface area contributed by atoms with Crippen molar-refractivity contribution in [3.8, 4) is 0 Å². The maximum atomic E-state index is 12.7. The minimum Gasteiger partial charge on any atom is -0.365 e. The fourth-order valence-corrected chi connectivity index (χ4v) is 1.79. The third-order valence-electron chi connectivity index (χ3n) is 2.87. The second kappa shape index (κ2) is 6.60. The van der Waals surface area contributed by atoms with Crippen LogP contribution in [0.1, 0.15) is 15.9 Å². The summed E-state index contributed by atoms with van der Waals surface area (Å²) in [5.74, 6) is -1.08. The number of carbonyl (C=O) groups is 2. The van der Waals surface area contributed by atoms with E-state index < -0.39 is 5.91 Å². The highest BCUT2D eigenvalue weighted by molar-refractivity contribution is 5.92. The van der Waals surface area contributed by atoms with Gasteiger partial charge in [0.15, 0.2) is 12.4 Å². The number of nitrogens with zero attached hydrogens (tertiary/aromatic N) is 1. The van der Waals surface area contributed by atoms with Crippen LogP contribution in [-0.2, 0) is 17.9 Å². The average molecular weight is 288 g/mol. The summed E-state index contributed by atoms with van der Waals surface area (Å²) in [6, 6.07) is 9.12. The summed E-state index contributed by atoms with van der Waals surface area (Å²) in [5.41, 5.74) is 6.32. The van der Waals surface area contributed by atoms with Gasteiger partial charge in [0, 0.05) is 12.6 Å². The molecule has 3 N–H and O–H groups in total. The van der Waals surface area contributed by atoms with Crippen LogP contribution in [0.2, 0.25) is 0 Å². The van der Waals surface area contributed by atoms with E-state index in [1.54, 1.807) is 35.0 Å². The number of pyridine rings is 1. The largest absolute Gasteiger partial charge is 0.365 e. The average Bonchev–Trinajstić information content (AvgIpc) is 2.47. The van der Waals surface area contributed by atoms with Gasteiger partial charge < -0.3 is 11.1 Å². The van der Waals surface area contributed by atoms with Crippen molar-refractivity contribution in [2.45, 2.75) is 13.1 Å². The molecule has 0 bridgehead atoms. The van der Waals surface area contributed by atoms with Gasteiger partial charge >= 0.3 is 0 Å². The molecule has 0 aliphatic heterocycles. The zero-order chi connectivity index (χ0) is 15.2. The van der Waals surface area contributed by atoms with Crippen LogP contribution in [0.15, 0.2) is 48.8 Å². The van der Waals surface area contributed by atoms with Gasteiger partial charge in [0.1, 0.15) is 11.4 Å². The zero-order valence-corrected chi connectivity index (χ0v) is 11.3. The summed E-state index contributed by atoms with van der Waals surface area (Å²) in [5, 5.41) is 2.72. The van der Waals surface area contributed by atoms with E-state index in [1.807, 2.05) is 0 Å². The summed E-state index contributed by atoms with van der Waals surface area (Å²) >= 11 is 0. The van der Waals surface area contributed by atoms with Crippen molar-refractivity contribution in [3.05, 3.63) is 65.7 Å². The predicted molar refractivity (Wildman–Crippen MR) is 73.4 cm³/mol. The number of nitrogens with two attached hydrogens (primary N) is 1. The Labute approximate surface area is 121 Å². The van der Waals surface area contributed by atoms with Crippen molar-refractivity contribution in [2.75, 3.05) is 0 Å². The van der Waals surface area contributed by atoms with Gasteiger partial charge in [-0.1, -0.05) is 12.1 Å². The second-order valence-electron chi connectivity index (χ2n) is 4.53. The lowest BCUT2D eigenvalue weighted by Gasteiger charge is -2.03. The van der Waals surface area contributed by atoms with Crippen LogP contribution in [0.5, 0.6) is 0 Å². The molecule has 2 aromatic rings. The number of nitrogens with one attached hydrogen (secondary N) is 1. The summed E-state index contributed by atoms with van der Waals surface area (Å²) in [6.07, 6.45) is 3.18. The number of hydrogen-bond acceptors (Lipinski definition) is 2. The third-order valence-corrected chi connectivity index (χ3v) is 2.87. The standard InChI is InChI=1S/C15H14FN3O2/c16-13-5-3-11(4-6-13)8-18-14(20)10-19-7-1-2-12(9-19)15(17)21/h1-7,9H,8,10H2,(H2-,17,18,20,21)/p+1. The Kier molecular flexibility index (Phi) is 4.61. The monoisotopic (exact) mass is 288 g/mol. The van der Waals surface area contributed by atoms with E-state index >= 15 is 0 Å². The van der Waals surface area contributed by atoms with Gasteiger partial charge in [-0.15, -0.1) is 0 Å². The summed E-state index contributed by atoms with van der Waals surface area (Å²) in [4.78, 5) is 22.9. The maximum Gasteiger partial charge on any atom is 0.286 e. The molecule has 1 aromatic heterocycles. The lowest BCUT2D eigenvalue weighted by molar-refractivity contribution is -0.684. The normalized spacial score (nSPS) is 10.1. The molecule has 0 fully saturated rings. The van der Waals surface area contributed by atoms with E-state index in [4.69, 9.17) is 5.73 Å². The minimum absolute atomic E-state index is 0.0717. The van der Waals surface area contributed by atoms with Crippen molar-refractivity contribution in [3.63, 3.8) is 0 Å². The van der Waals surface area contributed by atoms with Gasteiger partial charge in [0.25, 0.3) is 11.8 Å². The highest BCUT2D eigenvalue weighted by Crippen LogP contribution is 2.01. The Hall–Kier alpha value is -2.76. The second-order valence-corrected chi connectivity index (χ2v) is 4.53. The van der Waals surface area contributed by atoms with Gasteiger partial charge in [0.05, 0.1) is 0 Å². The Balaban J connectivity index is 1.91. The molecule has 0 saturated carbocycles. The van der Waals surface area contributed by atoms with Gasteiger partial charge in [-0.3, -0.25) is 9.59 Å². The summed E-state index contributed by atoms with van der Waals surface area (Å²) in [6.45, 7) is 0.386. The fraction of sp³-hybridized carbons (Fsp3) is 0.133. The van der Waals surface area contributed by atoms with E-state index in [2.05, 4.69) is 5.32 Å². The number of primary amides is 1. The van der Waals surface area contributed by atoms with Crippen molar-refractivity contribution in [1.82, 2.24) is 5.32 Å². The van der Waals surface area contributed by atoms with Crippen LogP contribution in [0.25, 0.3) is 0 Å². The first-order chi connectivity index (χ1) is 10.0. The molecule has 1 aromatic carbocycles. The number of benzene rings is 1. The van der Waals surface area contributed by atoms with Gasteiger partial charge in [-0.05, 0) is 23.8 Å². The number of rotatable bonds is 5. The Bertz CT molecular complexity index is 656. The van der Waals surface area contributed by atoms with E-state index in [-0.39, 0.29) is 18.3 Å². The van der Waals surface area contributed by atoms with Crippen molar-refractivity contribution in [2.24, 2.45) is 5.73 Å². The zero-order valence-electron chi connectivity index (χ0n) is 11.3. The van der Waals surface area contributed by atoms with Gasteiger partial charge in [0.2, 0.25) is 6.54 Å². The number of halogens is 1. The third kappa shape index (κ3) is 4.38. The van der Waals surface area contributed by atoms with Crippen LogP contribution in [0.4, 0.5) is 4.39 Å². The molecule has 21 heavy (non-hydrogen) atoms. The van der Waals surface area contributed by atoms with E-state index in [1.165, 1.54) is 18.3 Å². The summed E-state index contributed by atoms with van der Waals surface area (Å²) < 4.78 is 14.3. The van der Waals surface area contributed by atoms with E-state index in [0.717, 1.165) is 5.56 Å². The van der Waals surface area contributed by atoms with Crippen LogP contribution in [-0.4, -0.2) is 11.8 Å².